The fourth-order valence-corrected chi connectivity index (χ4v) is 5.18. The highest BCUT2D eigenvalue weighted by atomic mass is 35.5. The quantitative estimate of drug-likeness (QED) is 0.458. The second kappa shape index (κ2) is 12.7. The topological polar surface area (TPSA) is 68.4 Å². The molecule has 0 aromatic heterocycles. The Labute approximate surface area is 229 Å². The van der Waals surface area contributed by atoms with Crippen LogP contribution in [0, 0.1) is 0 Å². The summed E-state index contributed by atoms with van der Waals surface area (Å²) in [6.07, 6.45) is 0.854. The smallest absolute Gasteiger partial charge is 0.256 e. The maximum Gasteiger partial charge on any atom is 0.256 e. The number of carbonyl (C=O) groups is 2. The van der Waals surface area contributed by atoms with E-state index in [0.717, 1.165) is 44.9 Å². The predicted octanol–water partition coefficient (Wildman–Crippen LogP) is 3.71. The normalized spacial score (nSPS) is 18.9. The third-order valence-electron chi connectivity index (χ3n) is 6.70. The summed E-state index contributed by atoms with van der Waals surface area (Å²) in [4.78, 5) is 34.8. The van der Waals surface area contributed by atoms with Crippen molar-refractivity contribution in [3.8, 4) is 5.75 Å². The van der Waals surface area contributed by atoms with Crippen LogP contribution in [0.25, 0.3) is 0 Å². The second-order valence-corrected chi connectivity index (χ2v) is 10.2. The van der Waals surface area contributed by atoms with E-state index in [2.05, 4.69) is 22.2 Å². The van der Waals surface area contributed by atoms with E-state index in [4.69, 9.17) is 28.6 Å². The first-order valence-corrected chi connectivity index (χ1v) is 13.5. The predicted molar refractivity (Wildman–Crippen MR) is 151 cm³/mol. The SMILES string of the molecule is CCOc1ccc(N2C(=O)[C@H](CC(=O)Nc3ccc(Cl)cc3)N(CCCN3CCN(C)CC3)C2=S)cc1. The number of ether oxygens (including phenoxy) is 1. The fraction of sp³-hybridized carbons (Fsp3) is 0.444. The van der Waals surface area contributed by atoms with Crippen LogP contribution in [0.2, 0.25) is 5.02 Å². The molecule has 2 aliphatic rings. The molecule has 2 saturated heterocycles. The number of hydrogen-bond acceptors (Lipinski definition) is 6. The molecule has 0 unspecified atom stereocenters. The van der Waals surface area contributed by atoms with E-state index in [9.17, 15) is 9.59 Å². The van der Waals surface area contributed by atoms with Gasteiger partial charge >= 0.3 is 0 Å². The zero-order valence-electron chi connectivity index (χ0n) is 21.4. The average molecular weight is 544 g/mol. The largest absolute Gasteiger partial charge is 0.494 e. The minimum atomic E-state index is -0.668. The summed E-state index contributed by atoms with van der Waals surface area (Å²) in [5, 5.41) is 3.89. The molecule has 198 valence electrons. The molecule has 8 nitrogen and oxygen atoms in total. The summed E-state index contributed by atoms with van der Waals surface area (Å²) < 4.78 is 5.54. The number of halogens is 1. The number of hydrogen-bond donors (Lipinski definition) is 1. The molecule has 2 aromatic carbocycles. The van der Waals surface area contributed by atoms with E-state index in [1.54, 1.807) is 29.2 Å². The molecule has 2 heterocycles. The Hall–Kier alpha value is -2.72. The van der Waals surface area contributed by atoms with Gasteiger partial charge in [-0.15, -0.1) is 0 Å². The molecule has 0 aliphatic carbocycles. The van der Waals surface area contributed by atoms with Gasteiger partial charge in [-0.25, -0.2) is 0 Å². The molecule has 37 heavy (non-hydrogen) atoms. The summed E-state index contributed by atoms with van der Waals surface area (Å²) in [6.45, 7) is 8.19. The third kappa shape index (κ3) is 6.98. The molecular weight excluding hydrogens is 510 g/mol. The number of carbonyl (C=O) groups excluding carboxylic acids is 2. The fourth-order valence-electron chi connectivity index (χ4n) is 4.64. The van der Waals surface area contributed by atoms with Crippen LogP contribution in [0.1, 0.15) is 19.8 Å². The van der Waals surface area contributed by atoms with Gasteiger partial charge in [-0.2, -0.15) is 0 Å². The Balaban J connectivity index is 1.47. The standard InChI is InChI=1S/C27H34ClN5O3S/c1-3-36-23-11-9-22(10-12-23)33-26(35)24(19-25(34)29-21-7-5-20(28)6-8-21)32(27(33)37)14-4-13-31-17-15-30(2)16-18-31/h5-12,24H,3-4,13-19H2,1-2H3,(H,29,34)/t24-/m0/s1. The van der Waals surface area contributed by atoms with Crippen LogP contribution in [0.5, 0.6) is 5.75 Å². The Morgan fingerprint density at radius 1 is 1.05 bits per heavy atom. The van der Waals surface area contributed by atoms with Gasteiger partial charge in [0.2, 0.25) is 5.91 Å². The van der Waals surface area contributed by atoms with Gasteiger partial charge in [-0.3, -0.25) is 14.5 Å². The molecule has 2 fully saturated rings. The lowest BCUT2D eigenvalue weighted by Crippen LogP contribution is -2.45. The summed E-state index contributed by atoms with van der Waals surface area (Å²) in [5.41, 5.74) is 1.30. The van der Waals surface area contributed by atoms with Crippen LogP contribution in [-0.4, -0.2) is 90.6 Å². The van der Waals surface area contributed by atoms with E-state index in [-0.39, 0.29) is 18.2 Å². The number of nitrogens with zero attached hydrogens (tertiary/aromatic N) is 4. The zero-order valence-corrected chi connectivity index (χ0v) is 22.9. The molecule has 0 spiro atoms. The maximum absolute atomic E-state index is 13.6. The van der Waals surface area contributed by atoms with Gasteiger partial charge in [0.15, 0.2) is 5.11 Å². The van der Waals surface area contributed by atoms with E-state index in [1.807, 2.05) is 36.1 Å². The molecule has 0 radical (unpaired) electrons. The van der Waals surface area contributed by atoms with Crippen molar-refractivity contribution in [1.29, 1.82) is 0 Å². The average Bonchev–Trinajstić information content (AvgIpc) is 3.11. The molecule has 1 atom stereocenters. The first-order valence-electron chi connectivity index (χ1n) is 12.7. The van der Waals surface area contributed by atoms with Gasteiger partial charge in [0, 0.05) is 43.4 Å². The maximum atomic E-state index is 13.6. The van der Waals surface area contributed by atoms with Crippen molar-refractivity contribution in [3.63, 3.8) is 0 Å². The molecule has 2 amide bonds. The summed E-state index contributed by atoms with van der Waals surface area (Å²) in [6, 6.07) is 13.5. The molecular formula is C27H34ClN5O3S. The van der Waals surface area contributed by atoms with Crippen LogP contribution in [-0.2, 0) is 9.59 Å². The van der Waals surface area contributed by atoms with Gasteiger partial charge in [0.1, 0.15) is 11.8 Å². The van der Waals surface area contributed by atoms with Gasteiger partial charge in [0.25, 0.3) is 5.91 Å². The zero-order chi connectivity index (χ0) is 26.4. The number of nitrogens with one attached hydrogen (secondary N) is 1. The second-order valence-electron chi connectivity index (χ2n) is 9.35. The van der Waals surface area contributed by atoms with Gasteiger partial charge in [-0.05, 0) is 87.7 Å². The van der Waals surface area contributed by atoms with Crippen molar-refractivity contribution >= 4 is 52.1 Å². The summed E-state index contributed by atoms with van der Waals surface area (Å²) in [5.74, 6) is 0.285. The van der Waals surface area contributed by atoms with Crippen LogP contribution in [0.15, 0.2) is 48.5 Å². The molecule has 0 bridgehead atoms. The number of benzene rings is 2. The first-order chi connectivity index (χ1) is 17.9. The van der Waals surface area contributed by atoms with Crippen LogP contribution >= 0.6 is 23.8 Å². The lowest BCUT2D eigenvalue weighted by Gasteiger charge is -2.33. The highest BCUT2D eigenvalue weighted by Crippen LogP contribution is 2.29. The van der Waals surface area contributed by atoms with Crippen LogP contribution in [0.4, 0.5) is 11.4 Å². The number of amides is 2. The molecule has 2 aromatic rings. The lowest BCUT2D eigenvalue weighted by atomic mass is 10.1. The molecule has 2 aliphatic heterocycles. The minimum Gasteiger partial charge on any atom is -0.494 e. The number of thiocarbonyl (C=S) groups is 1. The van der Waals surface area contributed by atoms with Crippen molar-refractivity contribution in [2.75, 3.05) is 63.1 Å². The Bertz CT molecular complexity index is 1090. The van der Waals surface area contributed by atoms with Gasteiger partial charge < -0.3 is 24.8 Å². The van der Waals surface area contributed by atoms with Crippen molar-refractivity contribution in [2.24, 2.45) is 0 Å². The van der Waals surface area contributed by atoms with E-state index in [0.29, 0.717) is 34.7 Å². The minimum absolute atomic E-state index is 0.00361. The highest BCUT2D eigenvalue weighted by Gasteiger charge is 2.43. The van der Waals surface area contributed by atoms with Crippen molar-refractivity contribution in [1.82, 2.24) is 14.7 Å². The van der Waals surface area contributed by atoms with E-state index < -0.39 is 6.04 Å². The molecule has 0 saturated carbocycles. The van der Waals surface area contributed by atoms with Crippen LogP contribution < -0.4 is 15.0 Å². The van der Waals surface area contributed by atoms with Crippen molar-refractivity contribution in [2.45, 2.75) is 25.8 Å². The monoisotopic (exact) mass is 543 g/mol. The Morgan fingerprint density at radius 3 is 2.38 bits per heavy atom. The number of rotatable bonds is 10. The lowest BCUT2D eigenvalue weighted by molar-refractivity contribution is -0.124. The van der Waals surface area contributed by atoms with E-state index >= 15 is 0 Å². The molecule has 4 rings (SSSR count). The molecule has 1 N–H and O–H groups in total. The number of piperazine rings is 1. The summed E-state index contributed by atoms with van der Waals surface area (Å²) in [7, 11) is 2.14. The van der Waals surface area contributed by atoms with Gasteiger partial charge in [-0.1, -0.05) is 11.6 Å². The summed E-state index contributed by atoms with van der Waals surface area (Å²) >= 11 is 11.8. The Kier molecular flexibility index (Phi) is 9.37. The van der Waals surface area contributed by atoms with Crippen molar-refractivity contribution < 1.29 is 14.3 Å². The van der Waals surface area contributed by atoms with E-state index in [1.165, 1.54) is 0 Å². The van der Waals surface area contributed by atoms with Gasteiger partial charge in [0.05, 0.1) is 18.7 Å². The Morgan fingerprint density at radius 2 is 1.73 bits per heavy atom. The van der Waals surface area contributed by atoms with Crippen molar-refractivity contribution in [3.05, 3.63) is 53.6 Å². The van der Waals surface area contributed by atoms with Crippen LogP contribution in [0.3, 0.4) is 0 Å². The molecule has 10 heteroatoms. The highest BCUT2D eigenvalue weighted by molar-refractivity contribution is 7.80. The number of likely N-dealkylation sites (N-methyl/N-ethyl adjacent to an activating group) is 1. The third-order valence-corrected chi connectivity index (χ3v) is 7.37. The number of anilines is 2. The first kappa shape index (κ1) is 27.3.